The van der Waals surface area contributed by atoms with Crippen LogP contribution in [0.5, 0.6) is 11.5 Å². The van der Waals surface area contributed by atoms with Crippen LogP contribution in [-0.2, 0) is 6.42 Å². The summed E-state index contributed by atoms with van der Waals surface area (Å²) >= 11 is 0. The Kier molecular flexibility index (Phi) is 5.17. The van der Waals surface area contributed by atoms with Gasteiger partial charge in [-0.3, -0.25) is 0 Å². The lowest BCUT2D eigenvalue weighted by molar-refractivity contribution is 0.339. The van der Waals surface area contributed by atoms with Crippen molar-refractivity contribution in [1.29, 1.82) is 0 Å². The molecule has 0 saturated carbocycles. The Morgan fingerprint density at radius 1 is 1.19 bits per heavy atom. The molecule has 4 heteroatoms. The number of nitrogens with two attached hydrogens (primary N) is 1. The molecule has 2 N–H and O–H groups in total. The third kappa shape index (κ3) is 3.73. The van der Waals surface area contributed by atoms with Gasteiger partial charge in [0.15, 0.2) is 11.6 Å². The molecule has 1 unspecified atom stereocenters. The summed E-state index contributed by atoms with van der Waals surface area (Å²) in [7, 11) is 1.45. The first kappa shape index (κ1) is 15.3. The number of hydrogen-bond acceptors (Lipinski definition) is 3. The summed E-state index contributed by atoms with van der Waals surface area (Å²) < 4.78 is 24.6. The van der Waals surface area contributed by atoms with Crippen LogP contribution in [0.2, 0.25) is 0 Å². The van der Waals surface area contributed by atoms with Crippen molar-refractivity contribution in [3.05, 3.63) is 59.4 Å². The van der Waals surface area contributed by atoms with Crippen LogP contribution in [0, 0.1) is 5.82 Å². The lowest BCUT2D eigenvalue weighted by atomic mass is 9.99. The van der Waals surface area contributed by atoms with Gasteiger partial charge in [-0.05, 0) is 42.7 Å². The van der Waals surface area contributed by atoms with Crippen LogP contribution in [0.1, 0.15) is 24.1 Å². The molecule has 2 aromatic rings. The summed E-state index contributed by atoms with van der Waals surface area (Å²) in [5.74, 6) is 0.663. The first-order valence-electron chi connectivity index (χ1n) is 6.95. The minimum Gasteiger partial charge on any atom is -0.494 e. The van der Waals surface area contributed by atoms with Gasteiger partial charge in [0.05, 0.1) is 13.7 Å². The second kappa shape index (κ2) is 7.09. The Morgan fingerprint density at radius 2 is 1.95 bits per heavy atom. The second-order valence-electron chi connectivity index (χ2n) is 4.75. The molecule has 1 atom stereocenters. The summed E-state index contributed by atoms with van der Waals surface area (Å²) in [5, 5.41) is 0. The van der Waals surface area contributed by atoms with Crippen LogP contribution in [0.25, 0.3) is 0 Å². The molecule has 0 aliphatic rings. The lowest BCUT2D eigenvalue weighted by Gasteiger charge is -2.15. The summed E-state index contributed by atoms with van der Waals surface area (Å²) in [6.45, 7) is 2.53. The van der Waals surface area contributed by atoms with Gasteiger partial charge in [0.2, 0.25) is 0 Å². The molecule has 0 spiro atoms. The van der Waals surface area contributed by atoms with E-state index in [0.717, 1.165) is 11.3 Å². The van der Waals surface area contributed by atoms with Crippen molar-refractivity contribution in [2.75, 3.05) is 13.7 Å². The fourth-order valence-corrected chi connectivity index (χ4v) is 2.23. The van der Waals surface area contributed by atoms with Crippen LogP contribution < -0.4 is 15.2 Å². The molecular formula is C17H20FNO2. The van der Waals surface area contributed by atoms with Crippen molar-refractivity contribution in [3.63, 3.8) is 0 Å². The van der Waals surface area contributed by atoms with E-state index in [-0.39, 0.29) is 17.6 Å². The number of ether oxygens (including phenoxy) is 2. The van der Waals surface area contributed by atoms with Gasteiger partial charge in [0, 0.05) is 6.04 Å². The van der Waals surface area contributed by atoms with Crippen molar-refractivity contribution < 1.29 is 13.9 Å². The molecule has 3 nitrogen and oxygen atoms in total. The van der Waals surface area contributed by atoms with Gasteiger partial charge in [-0.2, -0.15) is 0 Å². The Balaban J connectivity index is 2.18. The van der Waals surface area contributed by atoms with Crippen molar-refractivity contribution in [2.24, 2.45) is 5.73 Å². The Morgan fingerprint density at radius 3 is 2.67 bits per heavy atom. The summed E-state index contributed by atoms with van der Waals surface area (Å²) in [6, 6.07) is 12.4. The van der Waals surface area contributed by atoms with Gasteiger partial charge in [-0.25, -0.2) is 4.39 Å². The second-order valence-corrected chi connectivity index (χ2v) is 4.75. The van der Waals surface area contributed by atoms with E-state index in [1.54, 1.807) is 18.2 Å². The fourth-order valence-electron chi connectivity index (χ4n) is 2.23. The lowest BCUT2D eigenvalue weighted by Crippen LogP contribution is -2.14. The van der Waals surface area contributed by atoms with Gasteiger partial charge in [-0.1, -0.05) is 24.3 Å². The minimum absolute atomic E-state index is 0.239. The van der Waals surface area contributed by atoms with E-state index >= 15 is 0 Å². The smallest absolute Gasteiger partial charge is 0.168 e. The van der Waals surface area contributed by atoms with Crippen LogP contribution in [-0.4, -0.2) is 13.7 Å². The highest BCUT2D eigenvalue weighted by molar-refractivity contribution is 5.34. The first-order valence-corrected chi connectivity index (χ1v) is 6.95. The molecule has 0 aliphatic heterocycles. The molecule has 21 heavy (non-hydrogen) atoms. The quantitative estimate of drug-likeness (QED) is 0.885. The third-order valence-corrected chi connectivity index (χ3v) is 3.30. The molecule has 0 radical (unpaired) electrons. The Hall–Kier alpha value is -2.07. The van der Waals surface area contributed by atoms with E-state index in [0.29, 0.717) is 18.6 Å². The molecule has 0 fully saturated rings. The van der Waals surface area contributed by atoms with Crippen molar-refractivity contribution in [3.8, 4) is 11.5 Å². The molecule has 0 aliphatic carbocycles. The van der Waals surface area contributed by atoms with Gasteiger partial charge in [0.25, 0.3) is 0 Å². The van der Waals surface area contributed by atoms with Crippen molar-refractivity contribution >= 4 is 0 Å². The molecule has 112 valence electrons. The van der Waals surface area contributed by atoms with Crippen LogP contribution in [0.15, 0.2) is 42.5 Å². The normalized spacial score (nSPS) is 12.0. The van der Waals surface area contributed by atoms with Gasteiger partial charge < -0.3 is 15.2 Å². The van der Waals surface area contributed by atoms with Gasteiger partial charge in [0.1, 0.15) is 5.75 Å². The zero-order chi connectivity index (χ0) is 15.2. The van der Waals surface area contributed by atoms with E-state index in [9.17, 15) is 4.39 Å². The van der Waals surface area contributed by atoms with E-state index in [2.05, 4.69) is 0 Å². The molecule has 0 saturated heterocycles. The zero-order valence-corrected chi connectivity index (χ0v) is 12.3. The highest BCUT2D eigenvalue weighted by Gasteiger charge is 2.14. The number of halogens is 1. The van der Waals surface area contributed by atoms with Crippen LogP contribution >= 0.6 is 0 Å². The van der Waals surface area contributed by atoms with Crippen LogP contribution in [0.3, 0.4) is 0 Å². The maximum atomic E-state index is 14.1. The van der Waals surface area contributed by atoms with E-state index < -0.39 is 0 Å². The molecule has 0 amide bonds. The van der Waals surface area contributed by atoms with Gasteiger partial charge in [-0.15, -0.1) is 0 Å². The van der Waals surface area contributed by atoms with E-state index in [4.69, 9.17) is 15.2 Å². The van der Waals surface area contributed by atoms with Crippen molar-refractivity contribution in [2.45, 2.75) is 19.4 Å². The SMILES string of the molecule is CCOc1cccc(C(N)Cc2cccc(OC)c2F)c1. The maximum absolute atomic E-state index is 14.1. The van der Waals surface area contributed by atoms with Crippen molar-refractivity contribution in [1.82, 2.24) is 0 Å². The summed E-state index contributed by atoms with van der Waals surface area (Å²) in [4.78, 5) is 0. The van der Waals surface area contributed by atoms with Gasteiger partial charge >= 0.3 is 0 Å². The highest BCUT2D eigenvalue weighted by atomic mass is 19.1. The zero-order valence-electron chi connectivity index (χ0n) is 12.3. The fraction of sp³-hybridized carbons (Fsp3) is 0.294. The minimum atomic E-state index is -0.351. The molecule has 0 bridgehead atoms. The van der Waals surface area contributed by atoms with E-state index in [1.165, 1.54) is 7.11 Å². The molecular weight excluding hydrogens is 269 g/mol. The topological polar surface area (TPSA) is 44.5 Å². The molecule has 0 aromatic heterocycles. The number of benzene rings is 2. The maximum Gasteiger partial charge on any atom is 0.168 e. The molecule has 2 aromatic carbocycles. The summed E-state index contributed by atoms with van der Waals surface area (Å²) in [5.41, 5.74) is 7.65. The Labute approximate surface area is 124 Å². The Bertz CT molecular complexity index is 601. The standard InChI is InChI=1S/C17H20FNO2/c1-3-21-14-8-4-6-12(10-14)15(19)11-13-7-5-9-16(20-2)17(13)18/h4-10,15H,3,11,19H2,1-2H3. The number of rotatable bonds is 6. The average Bonchev–Trinajstić information content (AvgIpc) is 2.50. The monoisotopic (exact) mass is 289 g/mol. The number of methoxy groups -OCH3 is 1. The highest BCUT2D eigenvalue weighted by Crippen LogP contribution is 2.25. The van der Waals surface area contributed by atoms with Crippen LogP contribution in [0.4, 0.5) is 4.39 Å². The predicted octanol–water partition coefficient (Wildman–Crippen LogP) is 3.48. The average molecular weight is 289 g/mol. The molecule has 2 rings (SSSR count). The molecule has 0 heterocycles. The number of hydrogen-bond donors (Lipinski definition) is 1. The third-order valence-electron chi connectivity index (χ3n) is 3.30. The summed E-state index contributed by atoms with van der Waals surface area (Å²) in [6.07, 6.45) is 0.401. The first-order chi connectivity index (χ1) is 10.2. The van der Waals surface area contributed by atoms with E-state index in [1.807, 2.05) is 31.2 Å². The predicted molar refractivity (Wildman–Crippen MR) is 81.2 cm³/mol. The largest absolute Gasteiger partial charge is 0.494 e.